The predicted octanol–water partition coefficient (Wildman–Crippen LogP) is 2.57. The molecule has 7 nitrogen and oxygen atoms in total. The molecule has 0 unspecified atom stereocenters. The molecule has 0 atom stereocenters. The summed E-state index contributed by atoms with van der Waals surface area (Å²) >= 11 is 3.10. The Morgan fingerprint density at radius 1 is 1.53 bits per heavy atom. The molecule has 0 aliphatic rings. The van der Waals surface area contributed by atoms with E-state index in [1.165, 1.54) is 12.1 Å². The number of carbonyl (C=O) groups excluding carboxylic acids is 1. The third kappa shape index (κ3) is 3.74. The number of azide groups is 1. The van der Waals surface area contributed by atoms with Crippen LogP contribution < -0.4 is 4.72 Å². The van der Waals surface area contributed by atoms with E-state index in [0.29, 0.717) is 10.8 Å². The molecule has 9 heteroatoms. The van der Waals surface area contributed by atoms with Gasteiger partial charge in [-0.05, 0) is 17.7 Å². The molecule has 0 saturated carbocycles. The molecule has 0 fully saturated rings. The van der Waals surface area contributed by atoms with Crippen molar-refractivity contribution in [3.05, 3.63) is 32.6 Å². The summed E-state index contributed by atoms with van der Waals surface area (Å²) in [4.78, 5) is 13.4. The minimum atomic E-state index is -3.51. The summed E-state index contributed by atoms with van der Waals surface area (Å²) in [5.74, 6) is 0. The van der Waals surface area contributed by atoms with Crippen LogP contribution in [0.2, 0.25) is 0 Å². The van der Waals surface area contributed by atoms with Crippen molar-refractivity contribution in [3.63, 3.8) is 0 Å². The lowest BCUT2D eigenvalue weighted by atomic mass is 10.2. The van der Waals surface area contributed by atoms with Crippen LogP contribution in [0.25, 0.3) is 10.4 Å². The van der Waals surface area contributed by atoms with Gasteiger partial charge < -0.3 is 0 Å². The van der Waals surface area contributed by atoms with Crippen LogP contribution in [0, 0.1) is 0 Å². The fourth-order valence-electron chi connectivity index (χ4n) is 1.09. The number of rotatable bonds is 4. The molecule has 0 amide bonds. The highest BCUT2D eigenvalue weighted by molar-refractivity contribution is 9.10. The van der Waals surface area contributed by atoms with Gasteiger partial charge in [-0.2, -0.15) is 0 Å². The second-order valence-electron chi connectivity index (χ2n) is 3.07. The summed E-state index contributed by atoms with van der Waals surface area (Å²) in [7, 11) is -3.51. The Kier molecular flexibility index (Phi) is 4.11. The Hall–Kier alpha value is -1.57. The molecule has 1 aromatic rings. The van der Waals surface area contributed by atoms with Crippen LogP contribution in [0.5, 0.6) is 0 Å². The molecule has 0 aliphatic heterocycles. The number of nitrogens with zero attached hydrogens (tertiary/aromatic N) is 3. The van der Waals surface area contributed by atoms with E-state index >= 15 is 0 Å². The standard InChI is InChI=1S/C8H7BrN4O3S/c1-17(15,16)12-7-3-8(11-13-10)6(9)2-5(7)4-14/h2-4,12H,1H3. The van der Waals surface area contributed by atoms with Gasteiger partial charge in [-0.25, -0.2) is 8.42 Å². The molecule has 1 aromatic carbocycles. The third-order valence-electron chi connectivity index (χ3n) is 1.69. The summed E-state index contributed by atoms with van der Waals surface area (Å²) < 4.78 is 24.7. The zero-order valence-electron chi connectivity index (χ0n) is 8.58. The third-order valence-corrected chi connectivity index (χ3v) is 2.92. The maximum absolute atomic E-state index is 11.1. The normalized spacial score (nSPS) is 10.5. The summed E-state index contributed by atoms with van der Waals surface area (Å²) in [5, 5.41) is 3.36. The Morgan fingerprint density at radius 3 is 2.65 bits per heavy atom. The average Bonchev–Trinajstić information content (AvgIpc) is 2.20. The number of carbonyl (C=O) groups is 1. The van der Waals surface area contributed by atoms with Crippen LogP contribution in [0.4, 0.5) is 11.4 Å². The van der Waals surface area contributed by atoms with Gasteiger partial charge in [0.2, 0.25) is 10.0 Å². The molecular weight excluding hydrogens is 312 g/mol. The minimum absolute atomic E-state index is 0.0631. The predicted molar refractivity (Wildman–Crippen MR) is 66.8 cm³/mol. The number of hydrogen-bond acceptors (Lipinski definition) is 4. The minimum Gasteiger partial charge on any atom is -0.298 e. The van der Waals surface area contributed by atoms with Gasteiger partial charge in [0.15, 0.2) is 6.29 Å². The van der Waals surface area contributed by atoms with Crippen molar-refractivity contribution in [1.82, 2.24) is 0 Å². The summed E-state index contributed by atoms with van der Waals surface area (Å²) in [6, 6.07) is 2.64. The van der Waals surface area contributed by atoms with Gasteiger partial charge in [-0.1, -0.05) is 21.0 Å². The quantitative estimate of drug-likeness (QED) is 0.398. The van der Waals surface area contributed by atoms with Gasteiger partial charge in [0.25, 0.3) is 0 Å². The largest absolute Gasteiger partial charge is 0.298 e. The van der Waals surface area contributed by atoms with Crippen molar-refractivity contribution >= 4 is 43.6 Å². The molecule has 0 aliphatic carbocycles. The zero-order chi connectivity index (χ0) is 13.1. The van der Waals surface area contributed by atoms with E-state index in [1.54, 1.807) is 0 Å². The topological polar surface area (TPSA) is 112 Å². The van der Waals surface area contributed by atoms with Gasteiger partial charge >= 0.3 is 0 Å². The second kappa shape index (κ2) is 5.17. The van der Waals surface area contributed by atoms with Crippen molar-refractivity contribution in [2.75, 3.05) is 11.0 Å². The molecule has 0 bridgehead atoms. The lowest BCUT2D eigenvalue weighted by Crippen LogP contribution is -2.11. The zero-order valence-corrected chi connectivity index (χ0v) is 11.0. The Balaban J connectivity index is 3.41. The number of nitrogens with one attached hydrogen (secondary N) is 1. The summed E-state index contributed by atoms with van der Waals surface area (Å²) in [6.45, 7) is 0. The first-order valence-electron chi connectivity index (χ1n) is 4.19. The molecule has 1 N–H and O–H groups in total. The van der Waals surface area contributed by atoms with Crippen molar-refractivity contribution in [1.29, 1.82) is 0 Å². The van der Waals surface area contributed by atoms with E-state index in [0.717, 1.165) is 6.26 Å². The van der Waals surface area contributed by atoms with Crippen molar-refractivity contribution in [2.45, 2.75) is 0 Å². The highest BCUT2D eigenvalue weighted by Crippen LogP contribution is 2.31. The maximum atomic E-state index is 11.1. The van der Waals surface area contributed by atoms with E-state index in [4.69, 9.17) is 5.53 Å². The maximum Gasteiger partial charge on any atom is 0.229 e. The number of sulfonamides is 1. The van der Waals surface area contributed by atoms with Gasteiger partial charge in [0.05, 0.1) is 17.6 Å². The SMILES string of the molecule is CS(=O)(=O)Nc1cc(N=[N+]=[N-])c(Br)cc1C=O. The molecule has 0 heterocycles. The van der Waals surface area contributed by atoms with E-state index in [2.05, 4.69) is 30.7 Å². The summed E-state index contributed by atoms with van der Waals surface area (Å²) in [6.07, 6.45) is 1.45. The first kappa shape index (κ1) is 13.5. The highest BCUT2D eigenvalue weighted by Gasteiger charge is 2.10. The van der Waals surface area contributed by atoms with Crippen LogP contribution in [0.3, 0.4) is 0 Å². The lowest BCUT2D eigenvalue weighted by Gasteiger charge is -2.08. The number of hydrogen-bond donors (Lipinski definition) is 1. The molecule has 0 spiro atoms. The highest BCUT2D eigenvalue weighted by atomic mass is 79.9. The van der Waals surface area contributed by atoms with Crippen LogP contribution in [-0.4, -0.2) is 21.0 Å². The first-order chi connectivity index (χ1) is 7.87. The van der Waals surface area contributed by atoms with Crippen molar-refractivity contribution in [3.8, 4) is 0 Å². The van der Waals surface area contributed by atoms with E-state index < -0.39 is 10.0 Å². The molecule has 0 aromatic heterocycles. The van der Waals surface area contributed by atoms with Crippen molar-refractivity contribution < 1.29 is 13.2 Å². The molecule has 90 valence electrons. The monoisotopic (exact) mass is 318 g/mol. The average molecular weight is 319 g/mol. The molecule has 0 radical (unpaired) electrons. The van der Waals surface area contributed by atoms with Crippen LogP contribution in [0.15, 0.2) is 21.7 Å². The Bertz CT molecular complexity index is 607. The smallest absolute Gasteiger partial charge is 0.229 e. The fourth-order valence-corrected chi connectivity index (χ4v) is 2.10. The molecule has 0 saturated heterocycles. The molecule has 1 rings (SSSR count). The number of halogens is 1. The Morgan fingerprint density at radius 2 is 2.18 bits per heavy atom. The lowest BCUT2D eigenvalue weighted by molar-refractivity contribution is 0.112. The number of benzene rings is 1. The van der Waals surface area contributed by atoms with Crippen molar-refractivity contribution in [2.24, 2.45) is 5.11 Å². The molecular formula is C8H7BrN4O3S. The van der Waals surface area contributed by atoms with Crippen LogP contribution in [0.1, 0.15) is 10.4 Å². The van der Waals surface area contributed by atoms with Crippen LogP contribution >= 0.6 is 15.9 Å². The van der Waals surface area contributed by atoms with Gasteiger partial charge in [-0.3, -0.25) is 9.52 Å². The second-order valence-corrected chi connectivity index (χ2v) is 5.68. The Labute approximate surface area is 106 Å². The van der Waals surface area contributed by atoms with E-state index in [9.17, 15) is 13.2 Å². The van der Waals surface area contributed by atoms with E-state index in [1.807, 2.05) is 0 Å². The van der Waals surface area contributed by atoms with Crippen LogP contribution in [-0.2, 0) is 10.0 Å². The fraction of sp³-hybridized carbons (Fsp3) is 0.125. The number of anilines is 1. The van der Waals surface area contributed by atoms with Gasteiger partial charge in [-0.15, -0.1) is 0 Å². The number of aldehydes is 1. The molecule has 17 heavy (non-hydrogen) atoms. The van der Waals surface area contributed by atoms with E-state index in [-0.39, 0.29) is 16.9 Å². The van der Waals surface area contributed by atoms with Gasteiger partial charge in [0.1, 0.15) is 0 Å². The summed E-state index contributed by atoms with van der Waals surface area (Å²) in [5.41, 5.74) is 8.71. The first-order valence-corrected chi connectivity index (χ1v) is 6.87. The van der Waals surface area contributed by atoms with Gasteiger partial charge in [0, 0.05) is 14.9 Å².